The van der Waals surface area contributed by atoms with Crippen LogP contribution in [0, 0.1) is 0 Å². The molecule has 0 aliphatic heterocycles. The molecule has 9 nitrogen and oxygen atoms in total. The van der Waals surface area contributed by atoms with Gasteiger partial charge in [0.05, 0.1) is 13.2 Å². The highest BCUT2D eigenvalue weighted by Gasteiger charge is 2.25. The molecule has 2 atom stereocenters. The number of carbonyl (C=O) groups is 2. The van der Waals surface area contributed by atoms with Gasteiger partial charge in [-0.3, -0.25) is 18.6 Å². The predicted octanol–water partition coefficient (Wildman–Crippen LogP) is 10.2. The van der Waals surface area contributed by atoms with Crippen LogP contribution in [0.3, 0.4) is 0 Å². The lowest BCUT2D eigenvalue weighted by molar-refractivity contribution is -0.161. The highest BCUT2D eigenvalue weighted by Crippen LogP contribution is 2.43. The minimum atomic E-state index is -4.38. The minimum Gasteiger partial charge on any atom is -0.462 e. The summed E-state index contributed by atoms with van der Waals surface area (Å²) in [7, 11) is -4.38. The van der Waals surface area contributed by atoms with Crippen LogP contribution in [-0.4, -0.2) is 49.3 Å². The first-order valence-corrected chi connectivity index (χ1v) is 20.3. The Morgan fingerprint density at radius 3 is 1.73 bits per heavy atom. The van der Waals surface area contributed by atoms with Crippen molar-refractivity contribution in [3.05, 3.63) is 60.8 Å². The molecule has 0 saturated heterocycles. The molecule has 0 amide bonds. The normalized spacial score (nSPS) is 14.1. The quantitative estimate of drug-likeness (QED) is 0.0220. The number of ether oxygens (including phenoxy) is 2. The van der Waals surface area contributed by atoms with Crippen LogP contribution in [0.5, 0.6) is 0 Å². The van der Waals surface area contributed by atoms with Crippen molar-refractivity contribution in [3.63, 3.8) is 0 Å². The zero-order valence-electron chi connectivity index (χ0n) is 30.7. The number of carbonyl (C=O) groups excluding carboxylic acids is 2. The maximum Gasteiger partial charge on any atom is 0.472 e. The molecule has 3 N–H and O–H groups in total. The van der Waals surface area contributed by atoms with Crippen molar-refractivity contribution in [2.24, 2.45) is 5.73 Å². The Bertz CT molecular complexity index is 992. The van der Waals surface area contributed by atoms with Crippen molar-refractivity contribution in [2.45, 2.75) is 148 Å². The summed E-state index contributed by atoms with van der Waals surface area (Å²) >= 11 is 0. The highest BCUT2D eigenvalue weighted by molar-refractivity contribution is 7.47. The van der Waals surface area contributed by atoms with E-state index in [1.807, 2.05) is 30.4 Å². The van der Waals surface area contributed by atoms with Crippen LogP contribution in [-0.2, 0) is 32.7 Å². The summed E-state index contributed by atoms with van der Waals surface area (Å²) in [5, 5.41) is 0. The van der Waals surface area contributed by atoms with Crippen molar-refractivity contribution < 1.29 is 37.6 Å². The van der Waals surface area contributed by atoms with E-state index < -0.39 is 32.5 Å². The molecule has 282 valence electrons. The van der Waals surface area contributed by atoms with Gasteiger partial charge in [0.1, 0.15) is 6.61 Å². The Hall–Kier alpha value is -2.29. The third-order valence-corrected chi connectivity index (χ3v) is 8.47. The van der Waals surface area contributed by atoms with Crippen LogP contribution in [0.2, 0.25) is 0 Å². The van der Waals surface area contributed by atoms with Crippen LogP contribution in [0.25, 0.3) is 0 Å². The third kappa shape index (κ3) is 35.3. The lowest BCUT2D eigenvalue weighted by Gasteiger charge is -2.19. The van der Waals surface area contributed by atoms with Crippen LogP contribution in [0.15, 0.2) is 60.8 Å². The van der Waals surface area contributed by atoms with Gasteiger partial charge >= 0.3 is 19.8 Å². The Morgan fingerprint density at radius 2 is 1.14 bits per heavy atom. The van der Waals surface area contributed by atoms with Gasteiger partial charge in [0.2, 0.25) is 0 Å². The van der Waals surface area contributed by atoms with E-state index in [0.717, 1.165) is 70.6 Å². The van der Waals surface area contributed by atoms with Crippen molar-refractivity contribution in [1.29, 1.82) is 0 Å². The van der Waals surface area contributed by atoms with Crippen LogP contribution >= 0.6 is 7.82 Å². The van der Waals surface area contributed by atoms with E-state index in [1.54, 1.807) is 0 Å². The van der Waals surface area contributed by atoms with E-state index >= 15 is 0 Å². The summed E-state index contributed by atoms with van der Waals surface area (Å²) in [6.07, 6.45) is 39.6. The van der Waals surface area contributed by atoms with Crippen LogP contribution in [0.4, 0.5) is 0 Å². The topological polar surface area (TPSA) is 134 Å². The molecule has 10 heteroatoms. The highest BCUT2D eigenvalue weighted by atomic mass is 31.2. The molecule has 0 aromatic heterocycles. The summed E-state index contributed by atoms with van der Waals surface area (Å²) < 4.78 is 32.6. The number of hydrogen-bond acceptors (Lipinski definition) is 8. The lowest BCUT2D eigenvalue weighted by Crippen LogP contribution is -2.29. The average molecular weight is 710 g/mol. The van der Waals surface area contributed by atoms with Gasteiger partial charge in [-0.05, 0) is 57.8 Å². The molecule has 0 aliphatic rings. The van der Waals surface area contributed by atoms with Gasteiger partial charge in [-0.1, -0.05) is 132 Å². The molecular weight excluding hydrogens is 641 g/mol. The Balaban J connectivity index is 4.31. The van der Waals surface area contributed by atoms with E-state index in [0.29, 0.717) is 12.8 Å². The van der Waals surface area contributed by atoms with E-state index in [-0.39, 0.29) is 32.6 Å². The van der Waals surface area contributed by atoms with Gasteiger partial charge in [0, 0.05) is 19.4 Å². The van der Waals surface area contributed by atoms with E-state index in [2.05, 4.69) is 44.2 Å². The largest absolute Gasteiger partial charge is 0.472 e. The van der Waals surface area contributed by atoms with Crippen molar-refractivity contribution >= 4 is 19.8 Å². The maximum absolute atomic E-state index is 12.5. The van der Waals surface area contributed by atoms with Crippen molar-refractivity contribution in [2.75, 3.05) is 26.4 Å². The molecule has 0 radical (unpaired) electrons. The monoisotopic (exact) mass is 709 g/mol. The van der Waals surface area contributed by atoms with E-state index in [9.17, 15) is 19.0 Å². The number of rotatable bonds is 34. The molecule has 0 aliphatic carbocycles. The average Bonchev–Trinajstić information content (AvgIpc) is 3.08. The number of hydrogen-bond donors (Lipinski definition) is 2. The fourth-order valence-corrected chi connectivity index (χ4v) is 5.46. The summed E-state index contributed by atoms with van der Waals surface area (Å²) in [4.78, 5) is 34.7. The van der Waals surface area contributed by atoms with Gasteiger partial charge in [-0.2, -0.15) is 0 Å². The number of phosphoric acid groups is 1. The molecule has 0 rings (SSSR count). The summed E-state index contributed by atoms with van der Waals surface area (Å²) in [5.41, 5.74) is 5.33. The molecular formula is C39H68NO8P. The molecule has 0 bridgehead atoms. The molecule has 1 unspecified atom stereocenters. The first-order valence-electron chi connectivity index (χ1n) is 18.8. The molecule has 0 fully saturated rings. The van der Waals surface area contributed by atoms with Crippen molar-refractivity contribution in [3.8, 4) is 0 Å². The second kappa shape index (κ2) is 35.5. The third-order valence-electron chi connectivity index (χ3n) is 7.48. The molecule has 49 heavy (non-hydrogen) atoms. The zero-order chi connectivity index (χ0) is 36.1. The number of esters is 2. The Kier molecular flexibility index (Phi) is 33.9. The van der Waals surface area contributed by atoms with E-state index in [1.165, 1.54) is 32.1 Å². The predicted molar refractivity (Wildman–Crippen MR) is 201 cm³/mol. The van der Waals surface area contributed by atoms with Gasteiger partial charge in [0.25, 0.3) is 0 Å². The standard InChI is InChI=1S/C39H68NO8P/c1-3-5-7-9-11-13-15-17-18-20-22-24-26-28-30-32-39(42)48-37(36-47-49(43,44)46-34-33-40)35-45-38(41)31-29-27-25-23-21-19-16-14-12-10-8-6-4-2/h5,7,9,11,13-18,37H,3-4,6,8,10,12,19-36,40H2,1-2H3,(H,43,44)/b7-5+,11-9+,15-13+,16-14+,18-17+/t37-/m1/s1. The summed E-state index contributed by atoms with van der Waals surface area (Å²) in [5.74, 6) is -0.873. The molecule has 0 aromatic rings. The van der Waals surface area contributed by atoms with Crippen LogP contribution < -0.4 is 5.73 Å². The van der Waals surface area contributed by atoms with Crippen LogP contribution in [0.1, 0.15) is 142 Å². The Labute approximate surface area is 298 Å². The van der Waals surface area contributed by atoms with Gasteiger partial charge < -0.3 is 20.1 Å². The van der Waals surface area contributed by atoms with Gasteiger partial charge in [-0.25, -0.2) is 4.57 Å². The summed E-state index contributed by atoms with van der Waals surface area (Å²) in [6, 6.07) is 0. The second-order valence-corrected chi connectivity index (χ2v) is 13.6. The SMILES string of the molecule is CC/C=C/C=C/C=C/C=C/CCCCCCCC(=O)O[C@H](COC(=O)CCCCCCC/C=C/CCCCCC)COP(=O)(O)OCCN. The molecule has 0 heterocycles. The van der Waals surface area contributed by atoms with Gasteiger partial charge in [0.15, 0.2) is 6.10 Å². The minimum absolute atomic E-state index is 0.0451. The lowest BCUT2D eigenvalue weighted by atomic mass is 10.1. The zero-order valence-corrected chi connectivity index (χ0v) is 31.5. The molecule has 0 saturated carbocycles. The molecule has 0 aromatic carbocycles. The second-order valence-electron chi connectivity index (χ2n) is 12.1. The van der Waals surface area contributed by atoms with E-state index in [4.69, 9.17) is 24.3 Å². The Morgan fingerprint density at radius 1 is 0.633 bits per heavy atom. The number of allylic oxidation sites excluding steroid dienone is 10. The fraction of sp³-hybridized carbons (Fsp3) is 0.692. The summed E-state index contributed by atoms with van der Waals surface area (Å²) in [6.45, 7) is 3.51. The van der Waals surface area contributed by atoms with Gasteiger partial charge in [-0.15, -0.1) is 0 Å². The number of nitrogens with two attached hydrogens (primary N) is 1. The first-order chi connectivity index (χ1) is 23.8. The number of phosphoric ester groups is 1. The first kappa shape index (κ1) is 46.7. The fourth-order valence-electron chi connectivity index (χ4n) is 4.70. The van der Waals surface area contributed by atoms with Crippen molar-refractivity contribution in [1.82, 2.24) is 0 Å². The number of unbranched alkanes of at least 4 members (excludes halogenated alkanes) is 14. The molecule has 0 spiro atoms. The smallest absolute Gasteiger partial charge is 0.462 e. The maximum atomic E-state index is 12.5.